The second-order valence-electron chi connectivity index (χ2n) is 9.10. The van der Waals surface area contributed by atoms with Crippen molar-refractivity contribution < 1.29 is 9.53 Å². The number of ether oxygens (including phenoxy) is 1. The Morgan fingerprint density at radius 2 is 1.94 bits per heavy atom. The molecule has 1 fully saturated rings. The zero-order valence-corrected chi connectivity index (χ0v) is 20.8. The highest BCUT2D eigenvalue weighted by Gasteiger charge is 2.29. The van der Waals surface area contributed by atoms with Crippen molar-refractivity contribution in [3.63, 3.8) is 0 Å². The summed E-state index contributed by atoms with van der Waals surface area (Å²) < 4.78 is 5.69. The molecule has 2 amide bonds. The molecule has 36 heavy (non-hydrogen) atoms. The summed E-state index contributed by atoms with van der Waals surface area (Å²) in [5.74, 6) is 2.50. The van der Waals surface area contributed by atoms with Crippen molar-refractivity contribution in [2.75, 3.05) is 43.1 Å². The molecule has 2 N–H and O–H groups in total. The lowest BCUT2D eigenvalue weighted by molar-refractivity contribution is 0.0983. The van der Waals surface area contributed by atoms with Crippen molar-refractivity contribution in [1.82, 2.24) is 30.2 Å². The molecule has 4 heterocycles. The van der Waals surface area contributed by atoms with E-state index in [4.69, 9.17) is 14.7 Å². The van der Waals surface area contributed by atoms with Gasteiger partial charge in [0.05, 0.1) is 31.5 Å². The predicted octanol–water partition coefficient (Wildman–Crippen LogP) is 2.86. The van der Waals surface area contributed by atoms with Crippen LogP contribution in [-0.4, -0.2) is 69.8 Å². The minimum Gasteiger partial charge on any atom is -0.377 e. The Hall–Kier alpha value is -3.63. The lowest BCUT2D eigenvalue weighted by Crippen LogP contribution is -2.45. The van der Waals surface area contributed by atoms with Crippen LogP contribution in [0.3, 0.4) is 0 Å². The fourth-order valence-electron chi connectivity index (χ4n) is 4.66. The maximum atomic E-state index is 11.9. The smallest absolute Gasteiger partial charge is 0.319 e. The summed E-state index contributed by atoms with van der Waals surface area (Å²) in [6.07, 6.45) is 4.43. The number of morpholine rings is 1. The van der Waals surface area contributed by atoms with E-state index >= 15 is 0 Å². The summed E-state index contributed by atoms with van der Waals surface area (Å²) in [6, 6.07) is 9.52. The van der Waals surface area contributed by atoms with Gasteiger partial charge in [-0.15, -0.1) is 0 Å². The fraction of sp³-hybridized carbons (Fsp3) is 0.423. The molecule has 2 aliphatic heterocycles. The second kappa shape index (κ2) is 11.0. The molecule has 10 nitrogen and oxygen atoms in total. The van der Waals surface area contributed by atoms with Crippen LogP contribution in [0.4, 0.5) is 16.3 Å². The van der Waals surface area contributed by atoms with Gasteiger partial charge in [0.2, 0.25) is 0 Å². The standard InChI is InChI=1S/C26H32N8O2/c1-3-27-26(35)30-20-7-5-19(6-8-20)24-31-22-15-33(16-23-28-10-4-11-29-23)12-9-21(22)25(32-24)34-13-14-36-17-18(34)2/h4-8,10-11,18H,3,9,12-17H2,1-2H3,(H2,27,30,35)/t18-/m0/s1. The number of carbonyl (C=O) groups is 1. The lowest BCUT2D eigenvalue weighted by atomic mass is 10.0. The van der Waals surface area contributed by atoms with Gasteiger partial charge >= 0.3 is 6.03 Å². The summed E-state index contributed by atoms with van der Waals surface area (Å²) in [5.41, 5.74) is 3.89. The number of rotatable bonds is 6. The van der Waals surface area contributed by atoms with Gasteiger partial charge in [-0.3, -0.25) is 4.90 Å². The molecule has 5 rings (SSSR count). The van der Waals surface area contributed by atoms with Crippen LogP contribution < -0.4 is 15.5 Å². The molecule has 2 aromatic heterocycles. The molecule has 1 saturated heterocycles. The predicted molar refractivity (Wildman–Crippen MR) is 138 cm³/mol. The zero-order chi connectivity index (χ0) is 24.9. The van der Waals surface area contributed by atoms with Crippen LogP contribution in [0, 0.1) is 0 Å². The Kier molecular flexibility index (Phi) is 7.33. The van der Waals surface area contributed by atoms with Crippen LogP contribution >= 0.6 is 0 Å². The summed E-state index contributed by atoms with van der Waals surface area (Å²) in [4.78, 5) is 35.4. The fourth-order valence-corrected chi connectivity index (χ4v) is 4.66. The first-order valence-electron chi connectivity index (χ1n) is 12.5. The molecule has 2 aliphatic rings. The monoisotopic (exact) mass is 488 g/mol. The number of anilines is 2. The van der Waals surface area contributed by atoms with E-state index in [1.165, 1.54) is 5.56 Å². The molecular formula is C26H32N8O2. The van der Waals surface area contributed by atoms with Crippen molar-refractivity contribution in [3.05, 3.63) is 59.8 Å². The zero-order valence-electron chi connectivity index (χ0n) is 20.8. The summed E-state index contributed by atoms with van der Waals surface area (Å²) in [5, 5.41) is 5.58. The van der Waals surface area contributed by atoms with Crippen LogP contribution in [0.1, 0.15) is 30.9 Å². The van der Waals surface area contributed by atoms with Gasteiger partial charge in [0.1, 0.15) is 11.6 Å². The number of hydrogen-bond acceptors (Lipinski definition) is 8. The molecule has 3 aromatic rings. The molecule has 0 spiro atoms. The Bertz CT molecular complexity index is 1190. The van der Waals surface area contributed by atoms with Gasteiger partial charge in [-0.05, 0) is 50.6 Å². The number of hydrogen-bond donors (Lipinski definition) is 2. The largest absolute Gasteiger partial charge is 0.377 e. The quantitative estimate of drug-likeness (QED) is 0.545. The van der Waals surface area contributed by atoms with Gasteiger partial charge in [0.15, 0.2) is 5.82 Å². The van der Waals surface area contributed by atoms with E-state index in [0.29, 0.717) is 38.7 Å². The number of urea groups is 1. The molecule has 0 aliphatic carbocycles. The maximum absolute atomic E-state index is 11.9. The van der Waals surface area contributed by atoms with Gasteiger partial charge in [0, 0.05) is 55.4 Å². The van der Waals surface area contributed by atoms with E-state index in [2.05, 4.69) is 37.3 Å². The minimum absolute atomic E-state index is 0.221. The van der Waals surface area contributed by atoms with E-state index in [9.17, 15) is 4.79 Å². The van der Waals surface area contributed by atoms with Crippen molar-refractivity contribution in [3.8, 4) is 11.4 Å². The SMILES string of the molecule is CCNC(=O)Nc1ccc(-c2nc3c(c(N4CCOC[C@@H]4C)n2)CCN(Cc2ncccn2)C3)cc1. The lowest BCUT2D eigenvalue weighted by Gasteiger charge is -2.37. The van der Waals surface area contributed by atoms with E-state index in [-0.39, 0.29) is 12.1 Å². The van der Waals surface area contributed by atoms with Crippen molar-refractivity contribution in [2.45, 2.75) is 39.4 Å². The Morgan fingerprint density at radius 1 is 1.14 bits per heavy atom. The minimum atomic E-state index is -0.221. The highest BCUT2D eigenvalue weighted by molar-refractivity contribution is 5.89. The van der Waals surface area contributed by atoms with Crippen LogP contribution in [0.15, 0.2) is 42.7 Å². The third-order valence-corrected chi connectivity index (χ3v) is 6.48. The number of amides is 2. The third kappa shape index (κ3) is 5.44. The highest BCUT2D eigenvalue weighted by atomic mass is 16.5. The topological polar surface area (TPSA) is 108 Å². The molecule has 0 radical (unpaired) electrons. The number of aromatic nitrogens is 4. The van der Waals surface area contributed by atoms with E-state index < -0.39 is 0 Å². The van der Waals surface area contributed by atoms with Crippen LogP contribution in [0.5, 0.6) is 0 Å². The molecular weight excluding hydrogens is 456 g/mol. The normalized spacial score (nSPS) is 17.9. The van der Waals surface area contributed by atoms with E-state index in [1.807, 2.05) is 37.3 Å². The second-order valence-corrected chi connectivity index (χ2v) is 9.10. The summed E-state index contributed by atoms with van der Waals surface area (Å²) in [7, 11) is 0. The molecule has 1 aromatic carbocycles. The van der Waals surface area contributed by atoms with Gasteiger partial charge in [-0.25, -0.2) is 24.7 Å². The molecule has 0 saturated carbocycles. The van der Waals surface area contributed by atoms with Crippen molar-refractivity contribution in [1.29, 1.82) is 0 Å². The first kappa shape index (κ1) is 24.1. The Balaban J connectivity index is 1.45. The van der Waals surface area contributed by atoms with E-state index in [1.54, 1.807) is 12.4 Å². The molecule has 0 bridgehead atoms. The first-order chi connectivity index (χ1) is 17.6. The van der Waals surface area contributed by atoms with Gasteiger partial charge in [0.25, 0.3) is 0 Å². The third-order valence-electron chi connectivity index (χ3n) is 6.48. The molecule has 1 atom stereocenters. The molecule has 188 valence electrons. The van der Waals surface area contributed by atoms with Crippen LogP contribution in [-0.2, 0) is 24.2 Å². The summed E-state index contributed by atoms with van der Waals surface area (Å²) in [6.45, 7) is 9.12. The number of nitrogens with zero attached hydrogens (tertiary/aromatic N) is 6. The van der Waals surface area contributed by atoms with Gasteiger partial charge in [-0.1, -0.05) is 0 Å². The number of benzene rings is 1. The van der Waals surface area contributed by atoms with Gasteiger partial charge in [-0.2, -0.15) is 0 Å². The van der Waals surface area contributed by atoms with Crippen molar-refractivity contribution >= 4 is 17.5 Å². The van der Waals surface area contributed by atoms with Crippen molar-refractivity contribution in [2.24, 2.45) is 0 Å². The first-order valence-corrected chi connectivity index (χ1v) is 12.5. The molecule has 10 heteroatoms. The Labute approximate surface area is 211 Å². The maximum Gasteiger partial charge on any atom is 0.319 e. The van der Waals surface area contributed by atoms with Crippen LogP contribution in [0.25, 0.3) is 11.4 Å². The van der Waals surface area contributed by atoms with Crippen LogP contribution in [0.2, 0.25) is 0 Å². The number of carbonyl (C=O) groups excluding carboxylic acids is 1. The Morgan fingerprint density at radius 3 is 2.69 bits per heavy atom. The molecule has 0 unspecified atom stereocenters. The average Bonchev–Trinajstić information content (AvgIpc) is 2.89. The number of fused-ring (bicyclic) bond motifs is 1. The average molecular weight is 489 g/mol. The highest BCUT2D eigenvalue weighted by Crippen LogP contribution is 2.32. The van der Waals surface area contributed by atoms with E-state index in [0.717, 1.165) is 48.1 Å². The number of nitrogens with one attached hydrogen (secondary N) is 2. The summed E-state index contributed by atoms with van der Waals surface area (Å²) >= 11 is 0. The van der Waals surface area contributed by atoms with Gasteiger partial charge < -0.3 is 20.3 Å².